The van der Waals surface area contributed by atoms with Crippen molar-refractivity contribution in [2.45, 2.75) is 19.8 Å². The van der Waals surface area contributed by atoms with Gasteiger partial charge in [0.1, 0.15) is 11.6 Å². The Hall–Kier alpha value is -1.65. The summed E-state index contributed by atoms with van der Waals surface area (Å²) in [5, 5.41) is 11.9. The predicted octanol–water partition coefficient (Wildman–Crippen LogP) is 3.03. The maximum atomic E-state index is 13.6. The summed E-state index contributed by atoms with van der Waals surface area (Å²) in [6, 6.07) is 3.64. The molecule has 18 heavy (non-hydrogen) atoms. The second-order valence-electron chi connectivity index (χ2n) is 4.60. The van der Waals surface area contributed by atoms with Gasteiger partial charge in [-0.2, -0.15) is 0 Å². The number of hydrogen-bond donors (Lipinski definition) is 1. The lowest BCUT2D eigenvalue weighted by Crippen LogP contribution is -2.36. The van der Waals surface area contributed by atoms with Gasteiger partial charge in [0.05, 0.1) is 11.4 Å². The molecule has 0 amide bonds. The summed E-state index contributed by atoms with van der Waals surface area (Å²) in [6.07, 6.45) is 1.62. The van der Waals surface area contributed by atoms with Crippen molar-refractivity contribution in [2.24, 2.45) is 11.1 Å². The smallest absolute Gasteiger partial charge is 0.149 e. The molecule has 1 aromatic carbocycles. The largest absolute Gasteiger partial charge is 0.411 e. The molecule has 1 aliphatic rings. The molecule has 1 N–H and O–H groups in total. The molecular weight excluding hydrogens is 238 g/mol. The average Bonchev–Trinajstić information content (AvgIpc) is 2.38. The first kappa shape index (κ1) is 12.8. The minimum absolute atomic E-state index is 0.245. The van der Waals surface area contributed by atoms with Crippen molar-refractivity contribution in [3.05, 3.63) is 29.8 Å². The molecule has 0 radical (unpaired) electrons. The maximum Gasteiger partial charge on any atom is 0.149 e. The van der Waals surface area contributed by atoms with Crippen molar-refractivity contribution in [2.75, 3.05) is 18.0 Å². The number of nitrogens with zero attached hydrogens (tertiary/aromatic N) is 2. The highest BCUT2D eigenvalue weighted by molar-refractivity contribution is 5.84. The molecule has 3 nitrogen and oxygen atoms in total. The van der Waals surface area contributed by atoms with Gasteiger partial charge in [-0.3, -0.25) is 0 Å². The van der Waals surface area contributed by atoms with Crippen LogP contribution < -0.4 is 4.90 Å². The van der Waals surface area contributed by atoms with Crippen molar-refractivity contribution in [3.8, 4) is 0 Å². The van der Waals surface area contributed by atoms with E-state index in [0.29, 0.717) is 24.5 Å². The molecule has 0 unspecified atom stereocenters. The maximum absolute atomic E-state index is 13.6. The Bertz CT molecular complexity index is 454. The highest BCUT2D eigenvalue weighted by Gasteiger charge is 2.23. The summed E-state index contributed by atoms with van der Waals surface area (Å²) in [7, 11) is 0. The number of oxime groups is 1. The molecule has 2 rings (SSSR count). The minimum Gasteiger partial charge on any atom is -0.411 e. The summed E-state index contributed by atoms with van der Waals surface area (Å²) < 4.78 is 26.4. The van der Waals surface area contributed by atoms with E-state index in [1.807, 2.05) is 4.90 Å². The van der Waals surface area contributed by atoms with Crippen LogP contribution in [0, 0.1) is 17.6 Å². The molecule has 0 spiro atoms. The van der Waals surface area contributed by atoms with Crippen LogP contribution in [0.3, 0.4) is 0 Å². The number of anilines is 1. The molecule has 0 aromatic heterocycles. The summed E-state index contributed by atoms with van der Waals surface area (Å²) in [5.41, 5.74) is 1.16. The standard InChI is InChI=1S/C13H16F2N2O/c1-9(16-18)10-4-6-17(7-5-10)13-3-2-11(14)8-12(13)15/h2-3,8,10,18H,4-7H2,1H3. The molecule has 98 valence electrons. The third kappa shape index (κ3) is 2.60. The van der Waals surface area contributed by atoms with Gasteiger partial charge in [0.15, 0.2) is 0 Å². The van der Waals surface area contributed by atoms with E-state index in [-0.39, 0.29) is 5.92 Å². The number of piperidine rings is 1. The summed E-state index contributed by atoms with van der Waals surface area (Å²) in [5.74, 6) is -0.842. The Balaban J connectivity index is 2.05. The lowest BCUT2D eigenvalue weighted by molar-refractivity contribution is 0.311. The minimum atomic E-state index is -0.561. The fraction of sp³-hybridized carbons (Fsp3) is 0.462. The molecule has 0 bridgehead atoms. The van der Waals surface area contributed by atoms with E-state index >= 15 is 0 Å². The lowest BCUT2D eigenvalue weighted by atomic mass is 9.92. The van der Waals surface area contributed by atoms with E-state index in [9.17, 15) is 8.78 Å². The van der Waals surface area contributed by atoms with E-state index in [4.69, 9.17) is 5.21 Å². The van der Waals surface area contributed by atoms with Crippen LogP contribution in [0.15, 0.2) is 23.4 Å². The van der Waals surface area contributed by atoms with Crippen molar-refractivity contribution in [1.82, 2.24) is 0 Å². The first-order valence-corrected chi connectivity index (χ1v) is 6.00. The van der Waals surface area contributed by atoms with Gasteiger partial charge >= 0.3 is 0 Å². The van der Waals surface area contributed by atoms with Crippen LogP contribution in [-0.2, 0) is 0 Å². The summed E-state index contributed by atoms with van der Waals surface area (Å²) >= 11 is 0. The summed E-state index contributed by atoms with van der Waals surface area (Å²) in [4.78, 5) is 1.90. The zero-order chi connectivity index (χ0) is 13.1. The molecule has 1 aliphatic heterocycles. The van der Waals surface area contributed by atoms with Gasteiger partial charge in [0.25, 0.3) is 0 Å². The van der Waals surface area contributed by atoms with Gasteiger partial charge in [-0.05, 0) is 31.9 Å². The van der Waals surface area contributed by atoms with E-state index in [0.717, 1.165) is 18.9 Å². The van der Waals surface area contributed by atoms with Crippen LogP contribution in [0.2, 0.25) is 0 Å². The Labute approximate surface area is 105 Å². The fourth-order valence-electron chi connectivity index (χ4n) is 2.36. The zero-order valence-corrected chi connectivity index (χ0v) is 10.2. The molecule has 1 heterocycles. The van der Waals surface area contributed by atoms with E-state index in [1.165, 1.54) is 12.1 Å². The topological polar surface area (TPSA) is 35.8 Å². The van der Waals surface area contributed by atoms with Gasteiger partial charge in [0.2, 0.25) is 0 Å². The van der Waals surface area contributed by atoms with Gasteiger partial charge < -0.3 is 10.1 Å². The Morgan fingerprint density at radius 1 is 1.33 bits per heavy atom. The van der Waals surface area contributed by atoms with Crippen LogP contribution in [0.1, 0.15) is 19.8 Å². The number of rotatable bonds is 2. The predicted molar refractivity (Wildman–Crippen MR) is 66.2 cm³/mol. The summed E-state index contributed by atoms with van der Waals surface area (Å²) in [6.45, 7) is 3.15. The van der Waals surface area contributed by atoms with Crippen molar-refractivity contribution in [1.29, 1.82) is 0 Å². The second kappa shape index (κ2) is 5.33. The molecular formula is C13H16F2N2O. The fourth-order valence-corrected chi connectivity index (χ4v) is 2.36. The Kier molecular flexibility index (Phi) is 3.79. The molecule has 0 atom stereocenters. The molecule has 5 heteroatoms. The Morgan fingerprint density at radius 3 is 2.56 bits per heavy atom. The molecule has 1 aromatic rings. The van der Waals surface area contributed by atoms with E-state index < -0.39 is 11.6 Å². The zero-order valence-electron chi connectivity index (χ0n) is 10.2. The Morgan fingerprint density at radius 2 is 2.00 bits per heavy atom. The number of halogens is 2. The molecule has 0 saturated carbocycles. The molecule has 1 saturated heterocycles. The van der Waals surface area contributed by atoms with Gasteiger partial charge in [-0.1, -0.05) is 5.16 Å². The van der Waals surface area contributed by atoms with Gasteiger partial charge in [0, 0.05) is 25.1 Å². The highest BCUT2D eigenvalue weighted by Crippen LogP contribution is 2.26. The van der Waals surface area contributed by atoms with Crippen LogP contribution in [0.25, 0.3) is 0 Å². The average molecular weight is 254 g/mol. The quantitative estimate of drug-likeness (QED) is 0.500. The van der Waals surface area contributed by atoms with Crippen molar-refractivity contribution < 1.29 is 14.0 Å². The van der Waals surface area contributed by atoms with Gasteiger partial charge in [-0.15, -0.1) is 0 Å². The van der Waals surface area contributed by atoms with Crippen molar-refractivity contribution >= 4 is 11.4 Å². The van der Waals surface area contributed by atoms with Crippen LogP contribution in [0.5, 0.6) is 0 Å². The van der Waals surface area contributed by atoms with E-state index in [1.54, 1.807) is 6.92 Å². The number of benzene rings is 1. The first-order valence-electron chi connectivity index (χ1n) is 6.00. The van der Waals surface area contributed by atoms with Crippen LogP contribution in [-0.4, -0.2) is 24.0 Å². The first-order chi connectivity index (χ1) is 8.61. The second-order valence-corrected chi connectivity index (χ2v) is 4.60. The molecule has 0 aliphatic carbocycles. The SMILES string of the molecule is CC(=NO)C1CCN(c2ccc(F)cc2F)CC1. The van der Waals surface area contributed by atoms with E-state index in [2.05, 4.69) is 5.16 Å². The lowest BCUT2D eigenvalue weighted by Gasteiger charge is -2.33. The van der Waals surface area contributed by atoms with Crippen LogP contribution >= 0.6 is 0 Å². The van der Waals surface area contributed by atoms with Crippen LogP contribution in [0.4, 0.5) is 14.5 Å². The monoisotopic (exact) mass is 254 g/mol. The normalized spacial score (nSPS) is 18.2. The third-order valence-electron chi connectivity index (χ3n) is 3.49. The third-order valence-corrected chi connectivity index (χ3v) is 3.49. The van der Waals surface area contributed by atoms with Gasteiger partial charge in [-0.25, -0.2) is 8.78 Å². The highest BCUT2D eigenvalue weighted by atomic mass is 19.1. The molecule has 1 fully saturated rings. The van der Waals surface area contributed by atoms with Crippen molar-refractivity contribution in [3.63, 3.8) is 0 Å². The number of hydrogen-bond acceptors (Lipinski definition) is 3.